The molecule has 12 atom stereocenters. The van der Waals surface area contributed by atoms with Gasteiger partial charge >= 0.3 is 6.03 Å². The first-order chi connectivity index (χ1) is 40.4. The third kappa shape index (κ3) is 24.1. The van der Waals surface area contributed by atoms with Crippen molar-refractivity contribution >= 4 is 82.4 Å². The Balaban J connectivity index is 2.08. The van der Waals surface area contributed by atoms with Gasteiger partial charge in [-0.05, 0) is 115 Å². The Kier molecular flexibility index (Phi) is 31.2. The van der Waals surface area contributed by atoms with Crippen LogP contribution < -0.4 is 92.5 Å². The number of amides is 12. The fourth-order valence-electron chi connectivity index (χ4n) is 8.75. The number of benzene rings is 2. The standard InChI is InChI=1S/C54H86ClN17O13/c1-28(2)26-40-50(81)64-34(14-20-56)44(75)63-37(17-23-59)48(79)71-42(29(3)73)52(83)61-25-19-39(47(78)62-35(15-21-57)46(77)68-41(51(82)67-40)27-31-10-6-5-7-11-31)65-45(76)36(16-22-58)66-53(84)43(30(4)74)72-49(80)38(18-24-60)70-54(85)69-33-13-9-8-12-32(33)55/h5-13,28-30,34-43,73-74H,14-27,56-60H2,1-4H3,(H,61,83)(H,62,78)(H,63,75)(H,64,81)(H,65,76)(H,66,84)(H,67,82)(H,68,77)(H,71,79)(H,72,80)(H2,69,70,85). The largest absolute Gasteiger partial charge is 0.391 e. The number of aliphatic hydroxyl groups excluding tert-OH is 2. The topological polar surface area (TPSA) is 503 Å². The molecule has 12 amide bonds. The highest BCUT2D eigenvalue weighted by Crippen LogP contribution is 2.20. The zero-order valence-corrected chi connectivity index (χ0v) is 49.0. The highest BCUT2D eigenvalue weighted by atomic mass is 35.5. The van der Waals surface area contributed by atoms with Crippen molar-refractivity contribution < 1.29 is 63.0 Å². The van der Waals surface area contributed by atoms with Gasteiger partial charge in [0.25, 0.3) is 0 Å². The van der Waals surface area contributed by atoms with E-state index in [-0.39, 0.29) is 94.3 Å². The molecule has 0 spiro atoms. The number of anilines is 1. The Morgan fingerprint density at radius 1 is 0.565 bits per heavy atom. The van der Waals surface area contributed by atoms with Crippen molar-refractivity contribution in [2.24, 2.45) is 34.6 Å². The summed E-state index contributed by atoms with van der Waals surface area (Å²) in [5.41, 5.74) is 30.1. The number of aliphatic hydroxyl groups is 2. The molecule has 1 saturated heterocycles. The third-order valence-electron chi connectivity index (χ3n) is 13.3. The van der Waals surface area contributed by atoms with Crippen molar-refractivity contribution in [2.75, 3.05) is 44.6 Å². The van der Waals surface area contributed by atoms with E-state index in [1.807, 2.05) is 0 Å². The Morgan fingerprint density at radius 2 is 1.05 bits per heavy atom. The van der Waals surface area contributed by atoms with Crippen LogP contribution in [0.15, 0.2) is 54.6 Å². The molecule has 30 nitrogen and oxygen atoms in total. The summed E-state index contributed by atoms with van der Waals surface area (Å²) < 4.78 is 0. The van der Waals surface area contributed by atoms with Gasteiger partial charge in [0.2, 0.25) is 59.1 Å². The lowest BCUT2D eigenvalue weighted by atomic mass is 10.00. The molecule has 1 heterocycles. The van der Waals surface area contributed by atoms with Crippen LogP contribution in [0.5, 0.6) is 0 Å². The lowest BCUT2D eigenvalue weighted by molar-refractivity contribution is -0.136. The van der Waals surface area contributed by atoms with E-state index in [4.69, 9.17) is 40.3 Å². The van der Waals surface area contributed by atoms with E-state index in [2.05, 4.69) is 63.8 Å². The molecular weight excluding hydrogens is 1130 g/mol. The second-order valence-electron chi connectivity index (χ2n) is 20.8. The molecule has 24 N–H and O–H groups in total. The van der Waals surface area contributed by atoms with Gasteiger partial charge in [-0.25, -0.2) is 4.79 Å². The molecule has 12 unspecified atom stereocenters. The number of hydrogen-bond donors (Lipinski definition) is 19. The zero-order valence-electron chi connectivity index (χ0n) is 48.3. The van der Waals surface area contributed by atoms with Crippen molar-refractivity contribution in [3.05, 3.63) is 65.2 Å². The number of urea groups is 1. The normalized spacial score (nSPS) is 22.4. The Labute approximate surface area is 498 Å². The lowest BCUT2D eigenvalue weighted by Crippen LogP contribution is -2.62. The summed E-state index contributed by atoms with van der Waals surface area (Å²) in [4.78, 5) is 154. The second-order valence-corrected chi connectivity index (χ2v) is 21.2. The fourth-order valence-corrected chi connectivity index (χ4v) is 8.93. The van der Waals surface area contributed by atoms with Crippen LogP contribution in [0.4, 0.5) is 10.5 Å². The Morgan fingerprint density at radius 3 is 1.56 bits per heavy atom. The second kappa shape index (κ2) is 37.0. The average Bonchev–Trinajstić information content (AvgIpc) is 3.57. The Bertz CT molecular complexity index is 2570. The molecule has 0 saturated carbocycles. The van der Waals surface area contributed by atoms with Crippen LogP contribution in [-0.4, -0.2) is 187 Å². The number of para-hydroxylation sites is 1. The molecule has 2 aromatic carbocycles. The van der Waals surface area contributed by atoms with E-state index >= 15 is 0 Å². The van der Waals surface area contributed by atoms with Crippen LogP contribution in [0.1, 0.15) is 78.2 Å². The molecule has 0 aromatic heterocycles. The van der Waals surface area contributed by atoms with Crippen molar-refractivity contribution in [1.82, 2.24) is 58.5 Å². The molecule has 472 valence electrons. The minimum Gasteiger partial charge on any atom is -0.391 e. The Hall–Kier alpha value is -7.58. The first-order valence-corrected chi connectivity index (χ1v) is 28.5. The quantitative estimate of drug-likeness (QED) is 0.0466. The average molecular weight is 1220 g/mol. The summed E-state index contributed by atoms with van der Waals surface area (Å²) in [5.74, 6) is -9.81. The third-order valence-corrected chi connectivity index (χ3v) is 13.6. The number of nitrogens with two attached hydrogens (primary N) is 5. The molecule has 1 aliphatic heterocycles. The number of nitrogens with one attached hydrogen (secondary N) is 12. The van der Waals surface area contributed by atoms with Gasteiger partial charge in [-0.1, -0.05) is 67.9 Å². The maximum atomic E-state index is 14.5. The molecule has 31 heteroatoms. The highest BCUT2D eigenvalue weighted by Gasteiger charge is 2.37. The number of rotatable bonds is 24. The molecule has 0 bridgehead atoms. The predicted octanol–water partition coefficient (Wildman–Crippen LogP) is -5.49. The minimum atomic E-state index is -1.77. The van der Waals surface area contributed by atoms with E-state index in [1.54, 1.807) is 56.3 Å². The number of carbonyl (C=O) groups excluding carboxylic acids is 11. The van der Waals surface area contributed by atoms with Crippen LogP contribution in [0.3, 0.4) is 0 Å². The van der Waals surface area contributed by atoms with E-state index in [1.165, 1.54) is 26.0 Å². The predicted molar refractivity (Wildman–Crippen MR) is 314 cm³/mol. The summed E-state index contributed by atoms with van der Waals surface area (Å²) in [7, 11) is 0. The monoisotopic (exact) mass is 1220 g/mol. The van der Waals surface area contributed by atoms with E-state index in [0.717, 1.165) is 0 Å². The zero-order chi connectivity index (χ0) is 63.3. The van der Waals surface area contributed by atoms with Gasteiger partial charge in [0.05, 0.1) is 22.9 Å². The van der Waals surface area contributed by atoms with Gasteiger partial charge < -0.3 is 103 Å². The van der Waals surface area contributed by atoms with Crippen LogP contribution in [0.25, 0.3) is 0 Å². The van der Waals surface area contributed by atoms with E-state index in [9.17, 15) is 63.0 Å². The number of carbonyl (C=O) groups is 11. The van der Waals surface area contributed by atoms with Crippen molar-refractivity contribution in [1.29, 1.82) is 0 Å². The summed E-state index contributed by atoms with van der Waals surface area (Å²) >= 11 is 6.16. The summed E-state index contributed by atoms with van der Waals surface area (Å²) in [6, 6.07) is -1.22. The molecule has 0 aliphatic carbocycles. The van der Waals surface area contributed by atoms with Gasteiger partial charge in [-0.3, -0.25) is 47.9 Å². The molecule has 1 fully saturated rings. The van der Waals surface area contributed by atoms with E-state index < -0.39 is 151 Å². The lowest BCUT2D eigenvalue weighted by Gasteiger charge is -2.29. The molecule has 85 heavy (non-hydrogen) atoms. The van der Waals surface area contributed by atoms with Gasteiger partial charge in [0.1, 0.15) is 60.4 Å². The molecular formula is C54H86ClN17O13. The fraction of sp³-hybridized carbons (Fsp3) is 0.574. The maximum Gasteiger partial charge on any atom is 0.319 e. The van der Waals surface area contributed by atoms with Gasteiger partial charge in [-0.15, -0.1) is 0 Å². The minimum absolute atomic E-state index is 0.0369. The van der Waals surface area contributed by atoms with Crippen molar-refractivity contribution in [3.63, 3.8) is 0 Å². The van der Waals surface area contributed by atoms with Crippen LogP contribution >= 0.6 is 11.6 Å². The number of hydrogen-bond acceptors (Lipinski definition) is 18. The summed E-state index contributed by atoms with van der Waals surface area (Å²) in [6.07, 6.45) is -4.78. The molecule has 3 rings (SSSR count). The molecule has 2 aromatic rings. The van der Waals surface area contributed by atoms with Crippen molar-refractivity contribution in [2.45, 2.75) is 152 Å². The van der Waals surface area contributed by atoms with Crippen LogP contribution in [-0.2, 0) is 54.4 Å². The SMILES string of the molecule is CC(C)CC1NC(=O)C(Cc2ccccc2)NC(=O)C(CCN)NC(=O)C(NC(=O)C(CCN)NC(=O)C(NC(=O)C(CCN)NC(=O)Nc2ccccc2Cl)C(C)O)CCNC(=O)C(C(C)O)NC(=O)C(CCN)NC(=O)C(CCN)NC1=O. The highest BCUT2D eigenvalue weighted by molar-refractivity contribution is 6.33. The summed E-state index contributed by atoms with van der Waals surface area (Å²) in [5, 5.41) is 52.0. The van der Waals surface area contributed by atoms with Gasteiger partial charge in [0, 0.05) is 13.0 Å². The first kappa shape index (κ1) is 71.7. The first-order valence-electron chi connectivity index (χ1n) is 28.1. The van der Waals surface area contributed by atoms with Gasteiger partial charge in [0.15, 0.2) is 0 Å². The van der Waals surface area contributed by atoms with Gasteiger partial charge in [-0.2, -0.15) is 0 Å². The maximum absolute atomic E-state index is 14.5. The molecule has 1 aliphatic rings. The summed E-state index contributed by atoms with van der Waals surface area (Å²) in [6.45, 7) is 4.59. The van der Waals surface area contributed by atoms with Crippen molar-refractivity contribution in [3.8, 4) is 0 Å². The smallest absolute Gasteiger partial charge is 0.319 e. The van der Waals surface area contributed by atoms with E-state index in [0.29, 0.717) is 5.56 Å². The van der Waals surface area contributed by atoms with Crippen LogP contribution in [0, 0.1) is 5.92 Å². The molecule has 0 radical (unpaired) electrons. The van der Waals surface area contributed by atoms with Crippen LogP contribution in [0.2, 0.25) is 5.02 Å². The number of halogens is 1.